The molecule has 4 rings (SSSR count). The van der Waals surface area contributed by atoms with Gasteiger partial charge in [-0.15, -0.1) is 11.8 Å². The van der Waals surface area contributed by atoms with E-state index in [1.165, 1.54) is 23.8 Å². The number of carbonyl (C=O) groups excluding carboxylic acids is 3. The first kappa shape index (κ1) is 23.6. The summed E-state index contributed by atoms with van der Waals surface area (Å²) in [6.07, 6.45) is 4.62. The number of carboxylic acids is 1. The molecule has 0 aromatic carbocycles. The maximum Gasteiger partial charge on any atom is 0.278 e. The minimum absolute atomic E-state index is 0.0364. The molecule has 1 fully saturated rings. The number of rotatable bonds is 8. The van der Waals surface area contributed by atoms with Crippen molar-refractivity contribution in [3.05, 3.63) is 47.2 Å². The Morgan fingerprint density at radius 1 is 1.47 bits per heavy atom. The van der Waals surface area contributed by atoms with Gasteiger partial charge in [-0.05, 0) is 12.5 Å². The number of hydrogen-bond donors (Lipinski definition) is 2. The normalized spacial score (nSPS) is 20.0. The summed E-state index contributed by atoms with van der Waals surface area (Å²) in [6.45, 7) is 2.33. The lowest BCUT2D eigenvalue weighted by molar-refractivity contribution is -0.689. The molecule has 0 bridgehead atoms. The first-order valence-electron chi connectivity index (χ1n) is 10.2. The van der Waals surface area contributed by atoms with Crippen molar-refractivity contribution >= 4 is 51.9 Å². The van der Waals surface area contributed by atoms with Gasteiger partial charge in [0, 0.05) is 34.5 Å². The van der Waals surface area contributed by atoms with Crippen LogP contribution in [-0.4, -0.2) is 62.0 Å². The van der Waals surface area contributed by atoms with E-state index in [-0.39, 0.29) is 22.4 Å². The number of aromatic nitrogens is 3. The second-order valence-electron chi connectivity index (χ2n) is 7.42. The number of thioether (sulfide) groups is 1. The van der Waals surface area contributed by atoms with Gasteiger partial charge in [-0.2, -0.15) is 9.36 Å². The molecule has 2 aromatic heterocycles. The summed E-state index contributed by atoms with van der Waals surface area (Å²) >= 11 is 2.24. The molecule has 0 radical (unpaired) electrons. The summed E-state index contributed by atoms with van der Waals surface area (Å²) in [5.74, 6) is -2.41. The Morgan fingerprint density at radius 3 is 2.91 bits per heavy atom. The van der Waals surface area contributed by atoms with Crippen molar-refractivity contribution in [1.29, 1.82) is 0 Å². The van der Waals surface area contributed by atoms with Gasteiger partial charge in [0.2, 0.25) is 11.5 Å². The summed E-state index contributed by atoms with van der Waals surface area (Å²) < 4.78 is 5.82. The molecule has 12 nitrogen and oxygen atoms in total. The molecule has 2 amide bonds. The zero-order valence-corrected chi connectivity index (χ0v) is 19.9. The summed E-state index contributed by atoms with van der Waals surface area (Å²) in [5, 5.41) is 17.8. The summed E-state index contributed by atoms with van der Waals surface area (Å²) in [7, 11) is 1.25. The number of nitrogens with one attached hydrogen (secondary N) is 1. The molecule has 1 unspecified atom stereocenters. The minimum atomic E-state index is -1.44. The first-order valence-corrected chi connectivity index (χ1v) is 12.0. The third-order valence-corrected chi connectivity index (χ3v) is 7.16. The fourth-order valence-electron chi connectivity index (χ4n) is 3.71. The minimum Gasteiger partial charge on any atom is -0.543 e. The molecule has 2 aromatic rings. The lowest BCUT2D eigenvalue weighted by Gasteiger charge is -2.50. The van der Waals surface area contributed by atoms with Crippen LogP contribution in [0.5, 0.6) is 0 Å². The number of nitrogens with two attached hydrogens (primary N) is 1. The highest BCUT2D eigenvalue weighted by molar-refractivity contribution is 8.00. The maximum atomic E-state index is 12.9. The van der Waals surface area contributed by atoms with Crippen molar-refractivity contribution < 1.29 is 28.9 Å². The Morgan fingerprint density at radius 2 is 2.26 bits per heavy atom. The number of carboxylic acid groups (broad SMARTS) is 1. The lowest BCUT2D eigenvalue weighted by Crippen LogP contribution is -2.71. The molecule has 34 heavy (non-hydrogen) atoms. The molecule has 3 N–H and O–H groups in total. The average molecular weight is 504 g/mol. The molecular weight excluding hydrogens is 482 g/mol. The summed E-state index contributed by atoms with van der Waals surface area (Å²) in [5.41, 5.74) is 6.83. The van der Waals surface area contributed by atoms with Crippen LogP contribution in [0.1, 0.15) is 18.3 Å². The van der Waals surface area contributed by atoms with Crippen molar-refractivity contribution in [1.82, 2.24) is 19.6 Å². The number of aliphatic carboxylic acids is 1. The smallest absolute Gasteiger partial charge is 0.278 e. The molecule has 4 heterocycles. The van der Waals surface area contributed by atoms with Crippen LogP contribution in [0, 0.1) is 0 Å². The van der Waals surface area contributed by atoms with Crippen LogP contribution < -0.4 is 20.7 Å². The average Bonchev–Trinajstić information content (AvgIpc) is 3.26. The topological polar surface area (TPSA) is 167 Å². The molecule has 0 spiro atoms. The Labute approximate surface area is 202 Å². The molecule has 2 atom stereocenters. The van der Waals surface area contributed by atoms with Crippen LogP contribution >= 0.6 is 23.3 Å². The van der Waals surface area contributed by atoms with Gasteiger partial charge < -0.3 is 25.8 Å². The van der Waals surface area contributed by atoms with Gasteiger partial charge in [0.25, 0.3) is 11.8 Å². The third-order valence-electron chi connectivity index (χ3n) is 5.28. The number of nitrogen functional groups attached to an aromatic ring is 1. The van der Waals surface area contributed by atoms with E-state index in [0.717, 1.165) is 23.5 Å². The van der Waals surface area contributed by atoms with Crippen molar-refractivity contribution in [3.63, 3.8) is 0 Å². The Bertz CT molecular complexity index is 1210. The van der Waals surface area contributed by atoms with Crippen molar-refractivity contribution in [3.8, 4) is 0 Å². The fourth-order valence-corrected chi connectivity index (χ4v) is 5.48. The van der Waals surface area contributed by atoms with E-state index in [9.17, 15) is 19.5 Å². The highest BCUT2D eigenvalue weighted by Crippen LogP contribution is 2.40. The molecule has 2 aliphatic rings. The highest BCUT2D eigenvalue weighted by atomic mass is 32.2. The number of anilines is 1. The van der Waals surface area contributed by atoms with Gasteiger partial charge >= 0.3 is 0 Å². The van der Waals surface area contributed by atoms with Crippen LogP contribution in [0.3, 0.4) is 0 Å². The zero-order chi connectivity index (χ0) is 24.4. The number of nitrogens with zero attached hydrogens (tertiary/aromatic N) is 5. The summed E-state index contributed by atoms with van der Waals surface area (Å²) in [6, 6.07) is 2.92. The SMILES string of the molecule is CCc1ccc[n+](CC2=C(C(=O)[O-])N3C(=O)C(NC(=O)C(=NOC)c4nsc(N)n4)[C@H]3SC2)c1. The van der Waals surface area contributed by atoms with Gasteiger partial charge in [0.05, 0.1) is 11.7 Å². The molecule has 1 saturated heterocycles. The Hall–Kier alpha value is -3.52. The zero-order valence-electron chi connectivity index (χ0n) is 18.3. The largest absolute Gasteiger partial charge is 0.543 e. The molecule has 14 heteroatoms. The van der Waals surface area contributed by atoms with Crippen LogP contribution in [-0.2, 0) is 32.2 Å². The third kappa shape index (κ3) is 4.46. The predicted octanol–water partition coefficient (Wildman–Crippen LogP) is -1.58. The first-order chi connectivity index (χ1) is 16.3. The van der Waals surface area contributed by atoms with Gasteiger partial charge in [0.1, 0.15) is 18.5 Å². The number of aryl methyl sites for hydroxylation is 1. The predicted molar refractivity (Wildman–Crippen MR) is 121 cm³/mol. The fraction of sp³-hybridized carbons (Fsp3) is 0.350. The van der Waals surface area contributed by atoms with E-state index in [1.807, 2.05) is 36.0 Å². The van der Waals surface area contributed by atoms with E-state index >= 15 is 0 Å². The number of pyridine rings is 1. The van der Waals surface area contributed by atoms with Gasteiger partial charge in [-0.1, -0.05) is 12.1 Å². The number of β-lactam (4-membered cyclic amide) rings is 1. The Kier molecular flexibility index (Phi) is 6.79. The van der Waals surface area contributed by atoms with Gasteiger partial charge in [-0.25, -0.2) is 4.57 Å². The van der Waals surface area contributed by atoms with Crippen molar-refractivity contribution in [2.24, 2.45) is 5.16 Å². The second-order valence-corrected chi connectivity index (χ2v) is 9.31. The van der Waals surface area contributed by atoms with E-state index in [4.69, 9.17) is 10.6 Å². The van der Waals surface area contributed by atoms with E-state index in [1.54, 1.807) is 0 Å². The number of amides is 2. The van der Waals surface area contributed by atoms with Crippen molar-refractivity contribution in [2.75, 3.05) is 18.6 Å². The Balaban J connectivity index is 1.53. The lowest BCUT2D eigenvalue weighted by atomic mass is 10.0. The van der Waals surface area contributed by atoms with Crippen LogP contribution in [0.2, 0.25) is 0 Å². The van der Waals surface area contributed by atoms with Gasteiger partial charge in [0.15, 0.2) is 24.1 Å². The van der Waals surface area contributed by atoms with E-state index in [2.05, 4.69) is 19.8 Å². The van der Waals surface area contributed by atoms with Crippen LogP contribution in [0.4, 0.5) is 5.13 Å². The molecule has 0 aliphatic carbocycles. The standard InChI is InChI=1S/C20H21N7O5S2/c1-3-10-5-4-6-26(7-10)8-11-9-33-18-13(17(29)27(18)14(11)19(30)31)22-16(28)12(24-32-2)15-23-20(21)34-25-15/h4-7,13,18H,3,8-9H2,1-2H3,(H3-,21,22,23,25,28,30,31)/t13?,18-/m1/s1. The maximum absolute atomic E-state index is 12.9. The number of carbonyl (C=O) groups is 3. The van der Waals surface area contributed by atoms with E-state index in [0.29, 0.717) is 17.9 Å². The molecule has 0 saturated carbocycles. The van der Waals surface area contributed by atoms with Crippen LogP contribution in [0.15, 0.2) is 41.0 Å². The molecule has 178 valence electrons. The molecular formula is C20H21N7O5S2. The monoisotopic (exact) mass is 503 g/mol. The van der Waals surface area contributed by atoms with E-state index < -0.39 is 29.2 Å². The molecule has 2 aliphatic heterocycles. The number of oxime groups is 1. The number of hydrogen-bond acceptors (Lipinski definition) is 11. The van der Waals surface area contributed by atoms with Gasteiger partial charge in [-0.3, -0.25) is 14.5 Å². The summed E-state index contributed by atoms with van der Waals surface area (Å²) in [4.78, 5) is 47.5. The highest BCUT2D eigenvalue weighted by Gasteiger charge is 2.53. The van der Waals surface area contributed by atoms with Crippen LogP contribution in [0.25, 0.3) is 0 Å². The van der Waals surface area contributed by atoms with Crippen molar-refractivity contribution in [2.45, 2.75) is 31.3 Å². The second kappa shape index (κ2) is 9.77. The number of fused-ring (bicyclic) bond motifs is 1. The quantitative estimate of drug-likeness (QED) is 0.187.